The molecule has 0 radical (unpaired) electrons. The molecule has 3 rings (SSSR count). The van der Waals surface area contributed by atoms with Crippen molar-refractivity contribution in [3.8, 4) is 5.75 Å². The summed E-state index contributed by atoms with van der Waals surface area (Å²) >= 11 is 6.03. The van der Waals surface area contributed by atoms with Crippen LogP contribution in [0.3, 0.4) is 0 Å². The van der Waals surface area contributed by atoms with E-state index in [0.717, 1.165) is 4.90 Å². The first kappa shape index (κ1) is 17.0. The van der Waals surface area contributed by atoms with E-state index in [4.69, 9.17) is 16.3 Å². The first-order valence-electron chi connectivity index (χ1n) is 7.60. The van der Waals surface area contributed by atoms with Gasteiger partial charge in [-0.15, -0.1) is 0 Å². The quantitative estimate of drug-likeness (QED) is 0.851. The second-order valence-electron chi connectivity index (χ2n) is 5.47. The smallest absolute Gasteiger partial charge is 0.255 e. The van der Waals surface area contributed by atoms with Gasteiger partial charge in [0, 0.05) is 24.1 Å². The molecule has 0 saturated carbocycles. The SMILES string of the molecule is COc1ccc(NC(=O)c2ccc(N3C(=O)CCC3=O)cc2)cc1Cl. The minimum Gasteiger partial charge on any atom is -0.495 e. The van der Waals surface area contributed by atoms with E-state index in [1.807, 2.05) is 0 Å². The number of hydrogen-bond acceptors (Lipinski definition) is 4. The van der Waals surface area contributed by atoms with Crippen LogP contribution in [0.4, 0.5) is 11.4 Å². The number of rotatable bonds is 4. The average Bonchev–Trinajstić information content (AvgIpc) is 2.94. The van der Waals surface area contributed by atoms with Gasteiger partial charge in [0.05, 0.1) is 17.8 Å². The second kappa shape index (κ2) is 6.94. The largest absolute Gasteiger partial charge is 0.495 e. The number of carbonyl (C=O) groups excluding carboxylic acids is 3. The third-order valence-electron chi connectivity index (χ3n) is 3.85. The number of anilines is 2. The van der Waals surface area contributed by atoms with Crippen LogP contribution >= 0.6 is 11.6 Å². The maximum Gasteiger partial charge on any atom is 0.255 e. The van der Waals surface area contributed by atoms with E-state index in [2.05, 4.69) is 5.32 Å². The summed E-state index contributed by atoms with van der Waals surface area (Å²) in [6.45, 7) is 0. The Morgan fingerprint density at radius 3 is 2.28 bits per heavy atom. The van der Waals surface area contributed by atoms with Crippen molar-refractivity contribution in [3.05, 3.63) is 53.1 Å². The van der Waals surface area contributed by atoms with Crippen molar-refractivity contribution in [1.82, 2.24) is 0 Å². The van der Waals surface area contributed by atoms with Crippen LogP contribution in [0.1, 0.15) is 23.2 Å². The topological polar surface area (TPSA) is 75.7 Å². The van der Waals surface area contributed by atoms with E-state index < -0.39 is 0 Å². The van der Waals surface area contributed by atoms with E-state index in [0.29, 0.717) is 27.7 Å². The summed E-state index contributed by atoms with van der Waals surface area (Å²) in [7, 11) is 1.51. The van der Waals surface area contributed by atoms with Crippen molar-refractivity contribution in [3.63, 3.8) is 0 Å². The third kappa shape index (κ3) is 3.49. The highest BCUT2D eigenvalue weighted by Gasteiger charge is 2.30. The molecule has 1 N–H and O–H groups in total. The summed E-state index contributed by atoms with van der Waals surface area (Å²) in [5.74, 6) is -0.263. The number of imide groups is 1. The number of hydrogen-bond donors (Lipinski definition) is 1. The van der Waals surface area contributed by atoms with Gasteiger partial charge in [0.15, 0.2) is 0 Å². The molecule has 0 aromatic heterocycles. The van der Waals surface area contributed by atoms with Crippen LogP contribution in [-0.2, 0) is 9.59 Å². The lowest BCUT2D eigenvalue weighted by Gasteiger charge is -2.14. The van der Waals surface area contributed by atoms with Gasteiger partial charge in [-0.3, -0.25) is 19.3 Å². The van der Waals surface area contributed by atoms with Crippen molar-refractivity contribution >= 4 is 40.7 Å². The minimum absolute atomic E-state index is 0.222. The number of nitrogens with zero attached hydrogens (tertiary/aromatic N) is 1. The Bertz CT molecular complexity index is 833. The van der Waals surface area contributed by atoms with Gasteiger partial charge in [-0.25, -0.2) is 0 Å². The number of carbonyl (C=O) groups is 3. The third-order valence-corrected chi connectivity index (χ3v) is 4.14. The second-order valence-corrected chi connectivity index (χ2v) is 5.88. The van der Waals surface area contributed by atoms with Crippen LogP contribution in [-0.4, -0.2) is 24.8 Å². The molecule has 128 valence electrons. The Hall–Kier alpha value is -2.86. The van der Waals surface area contributed by atoms with Crippen molar-refractivity contribution in [2.75, 3.05) is 17.3 Å². The average molecular weight is 359 g/mol. The molecule has 2 aromatic rings. The Morgan fingerprint density at radius 2 is 1.72 bits per heavy atom. The maximum atomic E-state index is 12.3. The lowest BCUT2D eigenvalue weighted by atomic mass is 10.1. The normalized spacial score (nSPS) is 13.9. The zero-order valence-corrected chi connectivity index (χ0v) is 14.2. The zero-order chi connectivity index (χ0) is 18.0. The monoisotopic (exact) mass is 358 g/mol. The zero-order valence-electron chi connectivity index (χ0n) is 13.4. The fraction of sp³-hybridized carbons (Fsp3) is 0.167. The number of halogens is 1. The summed E-state index contributed by atoms with van der Waals surface area (Å²) in [5, 5.41) is 3.12. The molecule has 1 fully saturated rings. The molecule has 0 unspecified atom stereocenters. The molecule has 25 heavy (non-hydrogen) atoms. The molecule has 6 nitrogen and oxygen atoms in total. The van der Waals surface area contributed by atoms with Gasteiger partial charge in [-0.05, 0) is 42.5 Å². The fourth-order valence-electron chi connectivity index (χ4n) is 2.57. The summed E-state index contributed by atoms with van der Waals surface area (Å²) in [6.07, 6.45) is 0.443. The molecule has 0 atom stereocenters. The van der Waals surface area contributed by atoms with E-state index in [1.165, 1.54) is 7.11 Å². The van der Waals surface area contributed by atoms with Crippen molar-refractivity contribution in [2.45, 2.75) is 12.8 Å². The highest BCUT2D eigenvalue weighted by molar-refractivity contribution is 6.32. The van der Waals surface area contributed by atoms with Crippen LogP contribution < -0.4 is 15.0 Å². The summed E-state index contributed by atoms with van der Waals surface area (Å²) in [5.41, 5.74) is 1.40. The molecule has 1 heterocycles. The number of ether oxygens (including phenoxy) is 1. The summed E-state index contributed by atoms with van der Waals surface area (Å²) < 4.78 is 5.06. The molecule has 1 aliphatic heterocycles. The standard InChI is InChI=1S/C18H15ClN2O4/c1-25-15-7-4-12(10-14(15)19)20-18(24)11-2-5-13(6-3-11)21-16(22)8-9-17(21)23/h2-7,10H,8-9H2,1H3,(H,20,24). The molecule has 1 saturated heterocycles. The van der Waals surface area contributed by atoms with Crippen LogP contribution in [0.25, 0.3) is 0 Å². The number of benzene rings is 2. The van der Waals surface area contributed by atoms with Crippen molar-refractivity contribution in [2.24, 2.45) is 0 Å². The Morgan fingerprint density at radius 1 is 1.08 bits per heavy atom. The van der Waals surface area contributed by atoms with E-state index in [-0.39, 0.29) is 30.6 Å². The Labute approximate surface area is 149 Å². The van der Waals surface area contributed by atoms with Gasteiger partial charge in [-0.2, -0.15) is 0 Å². The van der Waals surface area contributed by atoms with Crippen LogP contribution in [0, 0.1) is 0 Å². The van der Waals surface area contributed by atoms with Crippen molar-refractivity contribution in [1.29, 1.82) is 0 Å². The molecule has 3 amide bonds. The first-order chi connectivity index (χ1) is 12.0. The molecule has 0 spiro atoms. The van der Waals surface area contributed by atoms with E-state index in [9.17, 15) is 14.4 Å². The highest BCUT2D eigenvalue weighted by Crippen LogP contribution is 2.28. The molecular weight excluding hydrogens is 344 g/mol. The fourth-order valence-corrected chi connectivity index (χ4v) is 2.83. The molecule has 0 bridgehead atoms. The Balaban J connectivity index is 1.74. The molecule has 2 aromatic carbocycles. The minimum atomic E-state index is -0.327. The summed E-state index contributed by atoms with van der Waals surface area (Å²) in [6, 6.07) is 11.2. The predicted octanol–water partition coefficient (Wildman–Crippen LogP) is 3.25. The first-order valence-corrected chi connectivity index (χ1v) is 7.98. The number of amides is 3. The number of nitrogens with one attached hydrogen (secondary N) is 1. The molecule has 7 heteroatoms. The number of methoxy groups -OCH3 is 1. The van der Waals surface area contributed by atoms with Crippen LogP contribution in [0.15, 0.2) is 42.5 Å². The van der Waals surface area contributed by atoms with Crippen LogP contribution in [0.5, 0.6) is 5.75 Å². The van der Waals surface area contributed by atoms with E-state index >= 15 is 0 Å². The lowest BCUT2D eigenvalue weighted by Crippen LogP contribution is -2.28. The molecule has 0 aliphatic carbocycles. The summed E-state index contributed by atoms with van der Waals surface area (Å²) in [4.78, 5) is 36.9. The lowest BCUT2D eigenvalue weighted by molar-refractivity contribution is -0.121. The molecular formula is C18H15ClN2O4. The van der Waals surface area contributed by atoms with Gasteiger partial charge in [0.1, 0.15) is 5.75 Å². The van der Waals surface area contributed by atoms with Gasteiger partial charge < -0.3 is 10.1 Å². The van der Waals surface area contributed by atoms with Crippen LogP contribution in [0.2, 0.25) is 5.02 Å². The van der Waals surface area contributed by atoms with Gasteiger partial charge in [0.2, 0.25) is 11.8 Å². The van der Waals surface area contributed by atoms with Crippen molar-refractivity contribution < 1.29 is 19.1 Å². The highest BCUT2D eigenvalue weighted by atomic mass is 35.5. The molecule has 1 aliphatic rings. The van der Waals surface area contributed by atoms with Gasteiger partial charge in [-0.1, -0.05) is 11.6 Å². The maximum absolute atomic E-state index is 12.3. The van der Waals surface area contributed by atoms with Gasteiger partial charge >= 0.3 is 0 Å². The predicted molar refractivity (Wildman–Crippen MR) is 94.1 cm³/mol. The van der Waals surface area contributed by atoms with Gasteiger partial charge in [0.25, 0.3) is 5.91 Å². The Kier molecular flexibility index (Phi) is 4.72. The van der Waals surface area contributed by atoms with E-state index in [1.54, 1.807) is 42.5 Å².